The van der Waals surface area contributed by atoms with Gasteiger partial charge in [0.15, 0.2) is 0 Å². The molecule has 0 radical (unpaired) electrons. The van der Waals surface area contributed by atoms with Gasteiger partial charge < -0.3 is 0 Å². The Morgan fingerprint density at radius 1 is 1.26 bits per heavy atom. The van der Waals surface area contributed by atoms with E-state index in [9.17, 15) is 4.79 Å². The summed E-state index contributed by atoms with van der Waals surface area (Å²) in [5.41, 5.74) is 4.48. The van der Waals surface area contributed by atoms with Gasteiger partial charge in [0.2, 0.25) is 0 Å². The van der Waals surface area contributed by atoms with E-state index in [1.807, 2.05) is 44.2 Å². The summed E-state index contributed by atoms with van der Waals surface area (Å²) in [5.74, 6) is -0.288. The highest BCUT2D eigenvalue weighted by Crippen LogP contribution is 2.35. The minimum absolute atomic E-state index is 0.288. The molecule has 3 rings (SSSR count). The molecular weight excluding hydrogens is 416 g/mol. The number of thiophene rings is 2. The number of hydrogen-bond acceptors (Lipinski definition) is 4. The van der Waals surface area contributed by atoms with Crippen LogP contribution in [0.5, 0.6) is 0 Å². The monoisotopic (exact) mass is 426 g/mol. The van der Waals surface area contributed by atoms with Crippen molar-refractivity contribution in [2.24, 2.45) is 5.10 Å². The van der Waals surface area contributed by atoms with E-state index in [1.54, 1.807) is 11.3 Å². The van der Waals surface area contributed by atoms with Crippen LogP contribution in [0.4, 0.5) is 0 Å². The number of benzene rings is 1. The molecule has 23 heavy (non-hydrogen) atoms. The predicted molar refractivity (Wildman–Crippen MR) is 103 cm³/mol. The van der Waals surface area contributed by atoms with Crippen LogP contribution in [0.1, 0.15) is 27.0 Å². The molecule has 0 saturated carbocycles. The number of halogens is 2. The number of carbonyl (C=O) groups is 1. The minimum atomic E-state index is -0.288. The Hall–Kier alpha value is -1.21. The van der Waals surface area contributed by atoms with Gasteiger partial charge in [-0.05, 0) is 53.5 Å². The highest BCUT2D eigenvalue weighted by atomic mass is 79.9. The summed E-state index contributed by atoms with van der Waals surface area (Å²) in [6, 6.07) is 9.86. The zero-order chi connectivity index (χ0) is 16.6. The number of carbonyl (C=O) groups excluding carboxylic acids is 1. The highest BCUT2D eigenvalue weighted by Gasteiger charge is 2.17. The maximum atomic E-state index is 12.4. The summed E-state index contributed by atoms with van der Waals surface area (Å²) < 4.78 is 2.03. The zero-order valence-electron chi connectivity index (χ0n) is 12.3. The number of nitrogens with one attached hydrogen (secondary N) is 1. The Kier molecular flexibility index (Phi) is 4.87. The van der Waals surface area contributed by atoms with Crippen LogP contribution in [-0.2, 0) is 0 Å². The van der Waals surface area contributed by atoms with Gasteiger partial charge in [-0.3, -0.25) is 4.79 Å². The Morgan fingerprint density at radius 2 is 2.04 bits per heavy atom. The molecule has 0 aliphatic carbocycles. The Labute approximate surface area is 155 Å². The molecule has 0 saturated heterocycles. The van der Waals surface area contributed by atoms with Crippen LogP contribution in [-0.4, -0.2) is 11.6 Å². The van der Waals surface area contributed by atoms with Crippen molar-refractivity contribution in [2.75, 3.05) is 0 Å². The van der Waals surface area contributed by atoms with Crippen LogP contribution in [0.3, 0.4) is 0 Å². The third-order valence-electron chi connectivity index (χ3n) is 3.25. The lowest BCUT2D eigenvalue weighted by Crippen LogP contribution is -2.18. The number of rotatable bonds is 3. The fraction of sp³-hybridized carbons (Fsp3) is 0.125. The standard InChI is InChI=1S/C16H12BrClN2OS2/c1-8-3-4-10-12(7-8)23-15(14(10)18)16(21)20-19-9(2)11-5-6-13(17)22-11/h3-7H,1-2H3,(H,20,21)/b19-9+. The molecule has 3 nitrogen and oxygen atoms in total. The molecule has 1 N–H and O–H groups in total. The number of nitrogens with zero attached hydrogens (tertiary/aromatic N) is 1. The Morgan fingerprint density at radius 3 is 2.74 bits per heavy atom. The molecule has 118 valence electrons. The molecule has 0 spiro atoms. The van der Waals surface area contributed by atoms with Crippen molar-refractivity contribution in [1.29, 1.82) is 0 Å². The number of fused-ring (bicyclic) bond motifs is 1. The quantitative estimate of drug-likeness (QED) is 0.414. The normalized spacial score (nSPS) is 11.9. The van der Waals surface area contributed by atoms with E-state index < -0.39 is 0 Å². The number of hydrogen-bond donors (Lipinski definition) is 1. The molecule has 0 unspecified atom stereocenters. The van der Waals surface area contributed by atoms with E-state index >= 15 is 0 Å². The lowest BCUT2D eigenvalue weighted by atomic mass is 10.2. The molecule has 2 heterocycles. The first-order chi connectivity index (χ1) is 11.0. The first kappa shape index (κ1) is 16.6. The van der Waals surface area contributed by atoms with Crippen molar-refractivity contribution >= 4 is 71.9 Å². The molecule has 0 bridgehead atoms. The average Bonchev–Trinajstić information content (AvgIpc) is 3.08. The van der Waals surface area contributed by atoms with Crippen molar-refractivity contribution in [1.82, 2.24) is 5.43 Å². The SMILES string of the molecule is C/C(=N\NC(=O)c1sc2cc(C)ccc2c1Cl)c1ccc(Br)s1. The van der Waals surface area contributed by atoms with Gasteiger partial charge in [-0.15, -0.1) is 22.7 Å². The maximum Gasteiger partial charge on any atom is 0.283 e. The molecule has 0 atom stereocenters. The van der Waals surface area contributed by atoms with Gasteiger partial charge in [-0.1, -0.05) is 23.7 Å². The molecule has 2 aromatic heterocycles. The van der Waals surface area contributed by atoms with E-state index in [4.69, 9.17) is 11.6 Å². The third-order valence-corrected chi connectivity index (χ3v) is 6.63. The molecule has 0 aliphatic heterocycles. The first-order valence-corrected chi connectivity index (χ1v) is 9.55. The third kappa shape index (κ3) is 3.50. The van der Waals surface area contributed by atoms with Gasteiger partial charge in [-0.2, -0.15) is 5.10 Å². The fourth-order valence-corrected chi connectivity index (χ4v) is 4.90. The Bertz CT molecular complexity index is 929. The van der Waals surface area contributed by atoms with E-state index in [2.05, 4.69) is 26.5 Å². The summed E-state index contributed by atoms with van der Waals surface area (Å²) in [7, 11) is 0. The van der Waals surface area contributed by atoms with Crippen molar-refractivity contribution in [3.8, 4) is 0 Å². The molecule has 1 amide bonds. The highest BCUT2D eigenvalue weighted by molar-refractivity contribution is 9.11. The lowest BCUT2D eigenvalue weighted by Gasteiger charge is -1.99. The van der Waals surface area contributed by atoms with Crippen LogP contribution in [0.25, 0.3) is 10.1 Å². The van der Waals surface area contributed by atoms with Crippen LogP contribution in [0.2, 0.25) is 5.02 Å². The second-order valence-corrected chi connectivity index (χ2v) is 8.88. The smallest absolute Gasteiger partial charge is 0.266 e. The van der Waals surface area contributed by atoms with Crippen molar-refractivity contribution in [3.63, 3.8) is 0 Å². The largest absolute Gasteiger partial charge is 0.283 e. The van der Waals surface area contributed by atoms with Crippen molar-refractivity contribution in [3.05, 3.63) is 54.5 Å². The number of hydrazone groups is 1. The Balaban J connectivity index is 1.85. The van der Waals surface area contributed by atoms with E-state index in [0.717, 1.165) is 30.0 Å². The van der Waals surface area contributed by atoms with Crippen LogP contribution >= 0.6 is 50.2 Å². The average molecular weight is 428 g/mol. The van der Waals surface area contributed by atoms with Gasteiger partial charge in [0.25, 0.3) is 5.91 Å². The summed E-state index contributed by atoms with van der Waals surface area (Å²) in [6.07, 6.45) is 0. The topological polar surface area (TPSA) is 41.5 Å². The summed E-state index contributed by atoms with van der Waals surface area (Å²) >= 11 is 12.7. The van der Waals surface area contributed by atoms with Gasteiger partial charge in [-0.25, -0.2) is 5.43 Å². The molecule has 3 aromatic rings. The summed E-state index contributed by atoms with van der Waals surface area (Å²) in [4.78, 5) is 13.8. The maximum absolute atomic E-state index is 12.4. The van der Waals surface area contributed by atoms with Crippen molar-refractivity contribution in [2.45, 2.75) is 13.8 Å². The van der Waals surface area contributed by atoms with Crippen LogP contribution in [0.15, 0.2) is 39.2 Å². The van der Waals surface area contributed by atoms with E-state index in [-0.39, 0.29) is 5.91 Å². The summed E-state index contributed by atoms with van der Waals surface area (Å²) in [5, 5.41) is 5.55. The van der Waals surface area contributed by atoms with E-state index in [0.29, 0.717) is 9.90 Å². The molecule has 0 aliphatic rings. The second-order valence-electron chi connectivity index (χ2n) is 4.99. The first-order valence-electron chi connectivity index (χ1n) is 6.74. The zero-order valence-corrected chi connectivity index (χ0v) is 16.3. The van der Waals surface area contributed by atoms with E-state index in [1.165, 1.54) is 11.3 Å². The molecule has 7 heteroatoms. The van der Waals surface area contributed by atoms with Crippen molar-refractivity contribution < 1.29 is 4.79 Å². The van der Waals surface area contributed by atoms with Gasteiger partial charge in [0.1, 0.15) is 4.88 Å². The summed E-state index contributed by atoms with van der Waals surface area (Å²) in [6.45, 7) is 3.87. The van der Waals surface area contributed by atoms with Gasteiger partial charge in [0, 0.05) is 10.1 Å². The molecular formula is C16H12BrClN2OS2. The minimum Gasteiger partial charge on any atom is -0.266 e. The van der Waals surface area contributed by atoms with Crippen LogP contribution < -0.4 is 5.43 Å². The molecule has 0 fully saturated rings. The predicted octanol–water partition coefficient (Wildman–Crippen LogP) is 5.84. The van der Waals surface area contributed by atoms with Crippen LogP contribution in [0, 0.1) is 6.92 Å². The second kappa shape index (κ2) is 6.73. The number of amides is 1. The number of aryl methyl sites for hydroxylation is 1. The lowest BCUT2D eigenvalue weighted by molar-refractivity contribution is 0.0959. The fourth-order valence-electron chi connectivity index (χ4n) is 2.07. The van der Waals surface area contributed by atoms with Gasteiger partial charge >= 0.3 is 0 Å². The molecule has 1 aromatic carbocycles. The van der Waals surface area contributed by atoms with Gasteiger partial charge in [0.05, 0.1) is 19.4 Å².